The number of nitrogens with one attached hydrogen (secondary N) is 1. The van der Waals surface area contributed by atoms with E-state index in [9.17, 15) is 0 Å². The summed E-state index contributed by atoms with van der Waals surface area (Å²) in [6, 6.07) is 4.13. The van der Waals surface area contributed by atoms with Crippen molar-refractivity contribution < 1.29 is 0 Å². The van der Waals surface area contributed by atoms with E-state index < -0.39 is 0 Å². The zero-order valence-electron chi connectivity index (χ0n) is 11.6. The molecule has 2 aromatic heterocycles. The van der Waals surface area contributed by atoms with E-state index >= 15 is 0 Å². The van der Waals surface area contributed by atoms with Gasteiger partial charge in [-0.1, -0.05) is 6.07 Å². The minimum Gasteiger partial charge on any atom is -0.297 e. The summed E-state index contributed by atoms with van der Waals surface area (Å²) in [4.78, 5) is 6.97. The van der Waals surface area contributed by atoms with Gasteiger partial charge in [-0.15, -0.1) is 0 Å². The summed E-state index contributed by atoms with van der Waals surface area (Å²) in [5, 5.41) is 7.28. The van der Waals surface area contributed by atoms with E-state index in [-0.39, 0.29) is 0 Å². The van der Waals surface area contributed by atoms with Crippen LogP contribution in [0.1, 0.15) is 34.9 Å². The van der Waals surface area contributed by atoms with Gasteiger partial charge in [-0.2, -0.15) is 5.10 Å². The van der Waals surface area contributed by atoms with Gasteiger partial charge in [0, 0.05) is 30.9 Å². The second-order valence-corrected chi connectivity index (χ2v) is 5.45. The van der Waals surface area contributed by atoms with Crippen molar-refractivity contribution in [3.63, 3.8) is 0 Å². The lowest BCUT2D eigenvalue weighted by Gasteiger charge is -2.16. The highest BCUT2D eigenvalue weighted by atomic mass is 15.2. The summed E-state index contributed by atoms with van der Waals surface area (Å²) < 4.78 is 0. The van der Waals surface area contributed by atoms with E-state index in [2.05, 4.69) is 40.0 Å². The van der Waals surface area contributed by atoms with Crippen molar-refractivity contribution in [1.82, 2.24) is 20.1 Å². The number of hydrogen-bond donors (Lipinski definition) is 1. The lowest BCUT2D eigenvalue weighted by molar-refractivity contribution is 0.321. The minimum absolute atomic E-state index is 0.589. The van der Waals surface area contributed by atoms with Crippen molar-refractivity contribution in [2.45, 2.75) is 32.7 Å². The Bertz CT molecular complexity index is 561. The molecule has 0 aliphatic carbocycles. The van der Waals surface area contributed by atoms with Crippen LogP contribution in [0, 0.1) is 13.8 Å². The average molecular weight is 256 g/mol. The van der Waals surface area contributed by atoms with Crippen LogP contribution in [0.3, 0.4) is 0 Å². The van der Waals surface area contributed by atoms with Gasteiger partial charge in [0.25, 0.3) is 0 Å². The van der Waals surface area contributed by atoms with Crippen molar-refractivity contribution in [1.29, 1.82) is 0 Å². The van der Waals surface area contributed by atoms with Gasteiger partial charge in [0.15, 0.2) is 0 Å². The van der Waals surface area contributed by atoms with Crippen LogP contribution in [-0.4, -0.2) is 33.2 Å². The van der Waals surface area contributed by atoms with E-state index in [1.165, 1.54) is 28.9 Å². The highest BCUT2D eigenvalue weighted by Crippen LogP contribution is 2.28. The van der Waals surface area contributed by atoms with E-state index in [0.29, 0.717) is 5.92 Å². The van der Waals surface area contributed by atoms with Crippen molar-refractivity contribution >= 4 is 0 Å². The molecule has 4 heteroatoms. The molecule has 2 aromatic rings. The van der Waals surface area contributed by atoms with Crippen molar-refractivity contribution in [3.05, 3.63) is 47.0 Å². The van der Waals surface area contributed by atoms with E-state index in [1.807, 2.05) is 18.5 Å². The summed E-state index contributed by atoms with van der Waals surface area (Å²) in [5.41, 5.74) is 5.06. The predicted molar refractivity (Wildman–Crippen MR) is 74.9 cm³/mol. The van der Waals surface area contributed by atoms with Crippen LogP contribution in [0.25, 0.3) is 0 Å². The van der Waals surface area contributed by atoms with Gasteiger partial charge < -0.3 is 0 Å². The Morgan fingerprint density at radius 1 is 1.37 bits per heavy atom. The number of aryl methyl sites for hydroxylation is 2. The maximum Gasteiger partial charge on any atom is 0.0573 e. The van der Waals surface area contributed by atoms with Crippen molar-refractivity contribution in [2.75, 3.05) is 13.1 Å². The SMILES string of the molecule is Cc1cccnc1CN1CC[C@@H](c2[nH]ncc2C)C1. The second-order valence-electron chi connectivity index (χ2n) is 5.45. The fourth-order valence-electron chi connectivity index (χ4n) is 2.88. The normalized spacial score (nSPS) is 20.0. The van der Waals surface area contributed by atoms with Gasteiger partial charge >= 0.3 is 0 Å². The maximum atomic E-state index is 4.49. The first-order chi connectivity index (χ1) is 9.24. The van der Waals surface area contributed by atoms with Crippen molar-refractivity contribution in [2.24, 2.45) is 0 Å². The first-order valence-electron chi connectivity index (χ1n) is 6.87. The van der Waals surface area contributed by atoms with Crippen LogP contribution in [0.15, 0.2) is 24.5 Å². The molecule has 100 valence electrons. The number of rotatable bonds is 3. The van der Waals surface area contributed by atoms with Crippen molar-refractivity contribution in [3.8, 4) is 0 Å². The first kappa shape index (κ1) is 12.4. The molecular weight excluding hydrogens is 236 g/mol. The molecule has 0 radical (unpaired) electrons. The highest BCUT2D eigenvalue weighted by molar-refractivity contribution is 5.21. The molecule has 1 saturated heterocycles. The van der Waals surface area contributed by atoms with Crippen LogP contribution >= 0.6 is 0 Å². The van der Waals surface area contributed by atoms with Gasteiger partial charge in [-0.25, -0.2) is 0 Å². The molecule has 3 heterocycles. The first-order valence-corrected chi connectivity index (χ1v) is 6.87. The molecule has 1 aliphatic rings. The number of H-pyrrole nitrogens is 1. The number of hydrogen-bond acceptors (Lipinski definition) is 3. The third-order valence-corrected chi connectivity index (χ3v) is 4.04. The molecule has 1 N–H and O–H groups in total. The molecule has 0 unspecified atom stereocenters. The van der Waals surface area contributed by atoms with Gasteiger partial charge in [0.05, 0.1) is 11.9 Å². The molecule has 0 aromatic carbocycles. The average Bonchev–Trinajstić information content (AvgIpc) is 3.01. The molecule has 4 nitrogen and oxygen atoms in total. The molecule has 3 rings (SSSR count). The molecule has 0 bridgehead atoms. The van der Waals surface area contributed by atoms with Crippen LogP contribution in [-0.2, 0) is 6.54 Å². The third-order valence-electron chi connectivity index (χ3n) is 4.04. The second kappa shape index (κ2) is 5.13. The molecule has 0 amide bonds. The molecule has 1 atom stereocenters. The quantitative estimate of drug-likeness (QED) is 0.917. The third kappa shape index (κ3) is 2.54. The van der Waals surface area contributed by atoms with Gasteiger partial charge in [0.2, 0.25) is 0 Å². The number of pyridine rings is 1. The predicted octanol–water partition coefficient (Wildman–Crippen LogP) is 2.41. The van der Waals surface area contributed by atoms with E-state index in [4.69, 9.17) is 0 Å². The monoisotopic (exact) mass is 256 g/mol. The van der Waals surface area contributed by atoms with Gasteiger partial charge in [0.1, 0.15) is 0 Å². The van der Waals surface area contributed by atoms with E-state index in [0.717, 1.165) is 19.6 Å². The zero-order valence-corrected chi connectivity index (χ0v) is 11.6. The standard InChI is InChI=1S/C15H20N4/c1-11-4-3-6-16-14(11)10-19-7-5-13(9-19)15-12(2)8-17-18-15/h3-4,6,8,13H,5,7,9-10H2,1-2H3,(H,17,18)/t13-/m1/s1. The zero-order chi connectivity index (χ0) is 13.2. The Kier molecular flexibility index (Phi) is 3.34. The number of aromatic nitrogens is 3. The fraction of sp³-hybridized carbons (Fsp3) is 0.467. The summed E-state index contributed by atoms with van der Waals surface area (Å²) in [7, 11) is 0. The number of nitrogens with zero attached hydrogens (tertiary/aromatic N) is 3. The topological polar surface area (TPSA) is 44.8 Å². The Hall–Kier alpha value is -1.68. The lowest BCUT2D eigenvalue weighted by atomic mass is 10.0. The molecule has 1 fully saturated rings. The summed E-state index contributed by atoms with van der Waals surface area (Å²) in [6.45, 7) is 7.45. The Labute approximate surface area is 113 Å². The lowest BCUT2D eigenvalue weighted by Crippen LogP contribution is -2.21. The minimum atomic E-state index is 0.589. The molecule has 1 aliphatic heterocycles. The summed E-state index contributed by atoms with van der Waals surface area (Å²) >= 11 is 0. The van der Waals surface area contributed by atoms with Crippen LogP contribution in [0.2, 0.25) is 0 Å². The number of likely N-dealkylation sites (tertiary alicyclic amines) is 1. The van der Waals surface area contributed by atoms with Crippen LogP contribution < -0.4 is 0 Å². The number of aromatic amines is 1. The highest BCUT2D eigenvalue weighted by Gasteiger charge is 2.26. The largest absolute Gasteiger partial charge is 0.297 e. The van der Waals surface area contributed by atoms with Gasteiger partial charge in [-0.05, 0) is 44.0 Å². The molecule has 0 saturated carbocycles. The Morgan fingerprint density at radius 2 is 2.26 bits per heavy atom. The maximum absolute atomic E-state index is 4.49. The molecule has 0 spiro atoms. The summed E-state index contributed by atoms with van der Waals surface area (Å²) in [6.07, 6.45) is 5.00. The summed E-state index contributed by atoms with van der Waals surface area (Å²) in [5.74, 6) is 0.589. The Balaban J connectivity index is 1.67. The smallest absolute Gasteiger partial charge is 0.0573 e. The van der Waals surface area contributed by atoms with E-state index in [1.54, 1.807) is 0 Å². The van der Waals surface area contributed by atoms with Crippen LogP contribution in [0.5, 0.6) is 0 Å². The van der Waals surface area contributed by atoms with Crippen LogP contribution in [0.4, 0.5) is 0 Å². The molecular formula is C15H20N4. The molecule has 19 heavy (non-hydrogen) atoms. The Morgan fingerprint density at radius 3 is 3.00 bits per heavy atom. The fourth-order valence-corrected chi connectivity index (χ4v) is 2.88. The van der Waals surface area contributed by atoms with Gasteiger partial charge in [-0.3, -0.25) is 15.0 Å².